The Labute approximate surface area is 453 Å². The Bertz CT molecular complexity index is 1310. The van der Waals surface area contributed by atoms with Crippen molar-refractivity contribution >= 4 is 17.9 Å². The van der Waals surface area contributed by atoms with Gasteiger partial charge >= 0.3 is 17.9 Å². The summed E-state index contributed by atoms with van der Waals surface area (Å²) in [4.78, 5) is 38.1. The molecule has 0 spiro atoms. The maximum atomic E-state index is 12.9. The van der Waals surface area contributed by atoms with Crippen LogP contribution in [0.1, 0.15) is 329 Å². The largest absolute Gasteiger partial charge is 0.462 e. The van der Waals surface area contributed by atoms with Crippen LogP contribution in [0.25, 0.3) is 0 Å². The summed E-state index contributed by atoms with van der Waals surface area (Å²) in [6.45, 7) is 6.52. The van der Waals surface area contributed by atoms with Gasteiger partial charge in [-0.05, 0) is 64.2 Å². The van der Waals surface area contributed by atoms with Crippen LogP contribution >= 0.6 is 0 Å². The van der Waals surface area contributed by atoms with E-state index >= 15 is 0 Å². The average molecular weight is 1020 g/mol. The summed E-state index contributed by atoms with van der Waals surface area (Å²) in [7, 11) is 0. The Hall–Kier alpha value is -2.89. The normalized spacial score (nSPS) is 12.4. The molecule has 6 nitrogen and oxygen atoms in total. The van der Waals surface area contributed by atoms with E-state index in [1.807, 2.05) is 0 Å². The summed E-state index contributed by atoms with van der Waals surface area (Å²) < 4.78 is 16.8. The topological polar surface area (TPSA) is 78.9 Å². The molecule has 0 aromatic heterocycles. The predicted octanol–water partition coefficient (Wildman–Crippen LogP) is 21.6. The SMILES string of the molecule is CC/C=C\C/C=C\C/C=C\C/C=C\C/C=C\CCCCCCCC(=O)OC(COC(=O)CCCCCCCCCC)COC(=O)CCCCCCCCCCCCCCCCCCCCCCCCCCCC. The number of carbonyl (C=O) groups excluding carboxylic acids is 3. The van der Waals surface area contributed by atoms with Crippen LogP contribution in [0.2, 0.25) is 0 Å². The molecule has 0 radical (unpaired) electrons. The standard InChI is InChI=1S/C67H120O6/c1-4-7-10-13-16-19-21-23-25-27-29-31-32-33-34-35-37-38-40-42-44-46-48-51-54-57-60-66(69)72-63-64(62-71-65(68)59-56-53-50-18-15-12-9-6-3)73-67(70)61-58-55-52-49-47-45-43-41-39-36-30-28-26-24-22-20-17-14-11-8-5-2/h8,11,17,20,24,26,30,36,41,43,64H,4-7,9-10,12-16,18-19,21-23,25,27-29,31-35,37-40,42,44-63H2,1-3H3/b11-8-,20-17-,26-24-,36-30-,43-41-. The molecule has 0 fully saturated rings. The summed E-state index contributed by atoms with van der Waals surface area (Å²) in [5.41, 5.74) is 0. The van der Waals surface area contributed by atoms with E-state index in [0.29, 0.717) is 19.3 Å². The van der Waals surface area contributed by atoms with E-state index < -0.39 is 6.10 Å². The summed E-state index contributed by atoms with van der Waals surface area (Å²) in [5.74, 6) is -0.886. The van der Waals surface area contributed by atoms with Gasteiger partial charge < -0.3 is 14.2 Å². The fourth-order valence-corrected chi connectivity index (χ4v) is 9.30. The van der Waals surface area contributed by atoms with Gasteiger partial charge in [0, 0.05) is 19.3 Å². The predicted molar refractivity (Wildman–Crippen MR) is 316 cm³/mol. The zero-order valence-corrected chi connectivity index (χ0v) is 48.7. The molecule has 0 aliphatic heterocycles. The number of carbonyl (C=O) groups is 3. The second-order valence-corrected chi connectivity index (χ2v) is 21.3. The van der Waals surface area contributed by atoms with Crippen LogP contribution in [-0.2, 0) is 28.6 Å². The average Bonchev–Trinajstić information content (AvgIpc) is 3.39. The second-order valence-electron chi connectivity index (χ2n) is 21.3. The molecule has 0 bridgehead atoms. The molecule has 0 saturated heterocycles. The molecule has 0 rings (SSSR count). The molecule has 0 N–H and O–H groups in total. The molecule has 0 aliphatic carbocycles. The molecule has 0 aromatic rings. The van der Waals surface area contributed by atoms with Gasteiger partial charge in [0.25, 0.3) is 0 Å². The maximum Gasteiger partial charge on any atom is 0.306 e. The minimum atomic E-state index is -0.781. The van der Waals surface area contributed by atoms with Crippen LogP contribution in [0.3, 0.4) is 0 Å². The zero-order chi connectivity index (χ0) is 52.9. The minimum Gasteiger partial charge on any atom is -0.462 e. The van der Waals surface area contributed by atoms with Gasteiger partial charge in [0.05, 0.1) is 0 Å². The van der Waals surface area contributed by atoms with E-state index in [0.717, 1.165) is 109 Å². The Morgan fingerprint density at radius 1 is 0.288 bits per heavy atom. The van der Waals surface area contributed by atoms with Crippen molar-refractivity contribution < 1.29 is 28.6 Å². The number of ether oxygens (including phenoxy) is 3. The van der Waals surface area contributed by atoms with Crippen LogP contribution in [-0.4, -0.2) is 37.2 Å². The molecule has 1 atom stereocenters. The van der Waals surface area contributed by atoms with Crippen LogP contribution in [0.4, 0.5) is 0 Å². The third-order valence-electron chi connectivity index (χ3n) is 14.0. The van der Waals surface area contributed by atoms with Crippen molar-refractivity contribution in [2.45, 2.75) is 335 Å². The van der Waals surface area contributed by atoms with Crippen molar-refractivity contribution in [1.82, 2.24) is 0 Å². The molecule has 1 unspecified atom stereocenters. The molecule has 0 amide bonds. The van der Waals surface area contributed by atoms with Crippen LogP contribution in [0.15, 0.2) is 60.8 Å². The van der Waals surface area contributed by atoms with Gasteiger partial charge in [-0.15, -0.1) is 0 Å². The molecule has 73 heavy (non-hydrogen) atoms. The quantitative estimate of drug-likeness (QED) is 0.0261. The highest BCUT2D eigenvalue weighted by molar-refractivity contribution is 5.71. The van der Waals surface area contributed by atoms with E-state index in [4.69, 9.17) is 14.2 Å². The summed E-state index contributed by atoms with van der Waals surface area (Å²) in [5, 5.41) is 0. The zero-order valence-electron chi connectivity index (χ0n) is 48.7. The van der Waals surface area contributed by atoms with Gasteiger partial charge in [0.2, 0.25) is 0 Å². The number of allylic oxidation sites excluding steroid dienone is 10. The molecule has 6 heteroatoms. The summed E-state index contributed by atoms with van der Waals surface area (Å²) in [6.07, 6.45) is 78.2. The molecule has 0 heterocycles. The lowest BCUT2D eigenvalue weighted by Gasteiger charge is -2.18. The maximum absolute atomic E-state index is 12.9. The van der Waals surface area contributed by atoms with Crippen molar-refractivity contribution in [3.8, 4) is 0 Å². The molecule has 424 valence electrons. The van der Waals surface area contributed by atoms with E-state index in [9.17, 15) is 14.4 Å². The number of rotatable bonds is 58. The van der Waals surface area contributed by atoms with E-state index in [1.54, 1.807) is 0 Å². The lowest BCUT2D eigenvalue weighted by atomic mass is 10.0. The first-order chi connectivity index (χ1) is 36.0. The van der Waals surface area contributed by atoms with Gasteiger partial charge in [-0.3, -0.25) is 14.4 Å². The molecule has 0 aromatic carbocycles. The van der Waals surface area contributed by atoms with Crippen molar-refractivity contribution in [3.05, 3.63) is 60.8 Å². The monoisotopic (exact) mass is 1020 g/mol. The minimum absolute atomic E-state index is 0.0785. The van der Waals surface area contributed by atoms with Gasteiger partial charge in [0.15, 0.2) is 6.10 Å². The highest BCUT2D eigenvalue weighted by Gasteiger charge is 2.19. The molecule has 0 saturated carbocycles. The molecule has 0 aliphatic rings. The number of unbranched alkanes of at least 4 members (excludes halogenated alkanes) is 37. The van der Waals surface area contributed by atoms with Gasteiger partial charge in [-0.25, -0.2) is 0 Å². The Morgan fingerprint density at radius 2 is 0.534 bits per heavy atom. The van der Waals surface area contributed by atoms with Crippen LogP contribution in [0.5, 0.6) is 0 Å². The number of esters is 3. The first-order valence-corrected chi connectivity index (χ1v) is 31.8. The van der Waals surface area contributed by atoms with Crippen molar-refractivity contribution in [2.24, 2.45) is 0 Å². The van der Waals surface area contributed by atoms with Crippen LogP contribution in [0, 0.1) is 0 Å². The fourth-order valence-electron chi connectivity index (χ4n) is 9.30. The van der Waals surface area contributed by atoms with Crippen molar-refractivity contribution in [3.63, 3.8) is 0 Å². The lowest BCUT2D eigenvalue weighted by molar-refractivity contribution is -0.167. The highest BCUT2D eigenvalue weighted by atomic mass is 16.6. The van der Waals surface area contributed by atoms with E-state index in [-0.39, 0.29) is 31.1 Å². The summed E-state index contributed by atoms with van der Waals surface area (Å²) >= 11 is 0. The first kappa shape index (κ1) is 70.1. The van der Waals surface area contributed by atoms with E-state index in [2.05, 4.69) is 81.5 Å². The Balaban J connectivity index is 4.16. The highest BCUT2D eigenvalue weighted by Crippen LogP contribution is 2.17. The Morgan fingerprint density at radius 3 is 0.836 bits per heavy atom. The third kappa shape index (κ3) is 59.9. The van der Waals surface area contributed by atoms with Gasteiger partial charge in [-0.1, -0.05) is 306 Å². The fraction of sp³-hybridized carbons (Fsp3) is 0.806. The summed E-state index contributed by atoms with van der Waals surface area (Å²) in [6, 6.07) is 0. The number of hydrogen-bond acceptors (Lipinski definition) is 6. The van der Waals surface area contributed by atoms with Gasteiger partial charge in [0.1, 0.15) is 13.2 Å². The second kappa shape index (κ2) is 61.7. The smallest absolute Gasteiger partial charge is 0.306 e. The Kier molecular flexibility index (Phi) is 59.2. The van der Waals surface area contributed by atoms with Gasteiger partial charge in [-0.2, -0.15) is 0 Å². The number of hydrogen-bond donors (Lipinski definition) is 0. The molecular formula is C67H120O6. The molecular weight excluding hydrogens is 901 g/mol. The first-order valence-electron chi connectivity index (χ1n) is 31.8. The van der Waals surface area contributed by atoms with E-state index in [1.165, 1.54) is 180 Å². The lowest BCUT2D eigenvalue weighted by Crippen LogP contribution is -2.30. The van der Waals surface area contributed by atoms with Crippen molar-refractivity contribution in [2.75, 3.05) is 13.2 Å². The van der Waals surface area contributed by atoms with Crippen molar-refractivity contribution in [1.29, 1.82) is 0 Å². The van der Waals surface area contributed by atoms with Crippen LogP contribution < -0.4 is 0 Å². The third-order valence-corrected chi connectivity index (χ3v) is 14.0.